The van der Waals surface area contributed by atoms with Crippen LogP contribution in [-0.4, -0.2) is 17.4 Å². The SMILES string of the molecule is CCC[C@](C)(Br)C(=O)OC. The van der Waals surface area contributed by atoms with E-state index in [2.05, 4.69) is 20.7 Å². The van der Waals surface area contributed by atoms with Gasteiger partial charge in [0.15, 0.2) is 0 Å². The van der Waals surface area contributed by atoms with Crippen molar-refractivity contribution in [2.45, 2.75) is 31.0 Å². The number of carbonyl (C=O) groups is 1. The van der Waals surface area contributed by atoms with Crippen LogP contribution in [0.3, 0.4) is 0 Å². The van der Waals surface area contributed by atoms with E-state index in [0.717, 1.165) is 12.8 Å². The molecule has 1 atom stereocenters. The maximum atomic E-state index is 11.0. The van der Waals surface area contributed by atoms with Crippen LogP contribution in [0.1, 0.15) is 26.7 Å². The summed E-state index contributed by atoms with van der Waals surface area (Å²) in [5.41, 5.74) is 0. The maximum Gasteiger partial charge on any atom is 0.322 e. The summed E-state index contributed by atoms with van der Waals surface area (Å²) in [7, 11) is 1.40. The summed E-state index contributed by atoms with van der Waals surface area (Å²) in [6.45, 7) is 3.85. The Morgan fingerprint density at radius 3 is 2.50 bits per heavy atom. The third kappa shape index (κ3) is 2.69. The molecule has 0 N–H and O–H groups in total. The smallest absolute Gasteiger partial charge is 0.322 e. The highest BCUT2D eigenvalue weighted by Crippen LogP contribution is 2.24. The molecule has 0 saturated heterocycles. The zero-order valence-electron chi connectivity index (χ0n) is 6.61. The summed E-state index contributed by atoms with van der Waals surface area (Å²) >= 11 is 3.29. The fourth-order valence-electron chi connectivity index (χ4n) is 0.784. The van der Waals surface area contributed by atoms with E-state index in [9.17, 15) is 4.79 Å². The highest BCUT2D eigenvalue weighted by molar-refractivity contribution is 9.10. The number of hydrogen-bond acceptors (Lipinski definition) is 2. The van der Waals surface area contributed by atoms with E-state index in [-0.39, 0.29) is 5.97 Å². The van der Waals surface area contributed by atoms with Crippen molar-refractivity contribution in [2.24, 2.45) is 0 Å². The molecule has 0 unspecified atom stereocenters. The van der Waals surface area contributed by atoms with Gasteiger partial charge in [-0.15, -0.1) is 0 Å². The first-order chi connectivity index (χ1) is 4.54. The van der Waals surface area contributed by atoms with Crippen molar-refractivity contribution in [3.63, 3.8) is 0 Å². The van der Waals surface area contributed by atoms with Crippen LogP contribution in [0.4, 0.5) is 0 Å². The van der Waals surface area contributed by atoms with Gasteiger partial charge in [-0.2, -0.15) is 0 Å². The normalized spacial score (nSPS) is 16.0. The zero-order chi connectivity index (χ0) is 8.20. The van der Waals surface area contributed by atoms with Gasteiger partial charge in [0.05, 0.1) is 7.11 Å². The lowest BCUT2D eigenvalue weighted by Gasteiger charge is -2.17. The van der Waals surface area contributed by atoms with Gasteiger partial charge >= 0.3 is 5.97 Å². The lowest BCUT2D eigenvalue weighted by molar-refractivity contribution is -0.143. The van der Waals surface area contributed by atoms with E-state index in [1.165, 1.54) is 7.11 Å². The Balaban J connectivity index is 3.96. The lowest BCUT2D eigenvalue weighted by Crippen LogP contribution is -2.29. The van der Waals surface area contributed by atoms with Crippen LogP contribution >= 0.6 is 15.9 Å². The molecule has 0 spiro atoms. The molecule has 0 aromatic heterocycles. The summed E-state index contributed by atoms with van der Waals surface area (Å²) in [6, 6.07) is 0. The van der Waals surface area contributed by atoms with Crippen LogP contribution in [0.5, 0.6) is 0 Å². The van der Waals surface area contributed by atoms with Crippen molar-refractivity contribution in [3.8, 4) is 0 Å². The minimum atomic E-state index is -0.490. The molecule has 60 valence electrons. The third-order valence-corrected chi connectivity index (χ3v) is 2.05. The molecule has 0 aromatic carbocycles. The van der Waals surface area contributed by atoms with Gasteiger partial charge in [-0.3, -0.25) is 4.79 Å². The molecule has 0 bridgehead atoms. The summed E-state index contributed by atoms with van der Waals surface area (Å²) < 4.78 is 4.09. The van der Waals surface area contributed by atoms with Crippen molar-refractivity contribution >= 4 is 21.9 Å². The summed E-state index contributed by atoms with van der Waals surface area (Å²) in [6.07, 6.45) is 1.77. The number of halogens is 1. The topological polar surface area (TPSA) is 26.3 Å². The Hall–Kier alpha value is -0.0500. The number of methoxy groups -OCH3 is 1. The van der Waals surface area contributed by atoms with Gasteiger partial charge < -0.3 is 4.74 Å². The van der Waals surface area contributed by atoms with Crippen molar-refractivity contribution in [3.05, 3.63) is 0 Å². The summed E-state index contributed by atoms with van der Waals surface area (Å²) in [5, 5.41) is 0. The predicted octanol–water partition coefficient (Wildman–Crippen LogP) is 2.11. The van der Waals surface area contributed by atoms with Crippen molar-refractivity contribution in [1.29, 1.82) is 0 Å². The van der Waals surface area contributed by atoms with Gasteiger partial charge in [-0.1, -0.05) is 29.3 Å². The third-order valence-electron chi connectivity index (χ3n) is 1.33. The standard InChI is InChI=1S/C7H13BrO2/c1-4-5-7(2,8)6(9)10-3/h4-5H2,1-3H3/t7-/m0/s1. The lowest BCUT2D eigenvalue weighted by atomic mass is 10.1. The average Bonchev–Trinajstić information content (AvgIpc) is 1.86. The monoisotopic (exact) mass is 208 g/mol. The van der Waals surface area contributed by atoms with Crippen LogP contribution in [0.2, 0.25) is 0 Å². The molecule has 0 aliphatic heterocycles. The van der Waals surface area contributed by atoms with E-state index in [4.69, 9.17) is 0 Å². The van der Waals surface area contributed by atoms with Crippen LogP contribution in [-0.2, 0) is 9.53 Å². The second kappa shape index (κ2) is 3.96. The van der Waals surface area contributed by atoms with Crippen molar-refractivity contribution in [1.82, 2.24) is 0 Å². The van der Waals surface area contributed by atoms with Crippen LogP contribution < -0.4 is 0 Å². The molecule has 0 heterocycles. The molecule has 0 aliphatic rings. The number of alkyl halides is 1. The maximum absolute atomic E-state index is 11.0. The molecule has 0 radical (unpaired) electrons. The molecular formula is C7H13BrO2. The predicted molar refractivity (Wildman–Crippen MR) is 44.3 cm³/mol. The van der Waals surface area contributed by atoms with Crippen molar-refractivity contribution in [2.75, 3.05) is 7.11 Å². The quantitative estimate of drug-likeness (QED) is 0.525. The molecule has 2 nitrogen and oxygen atoms in total. The van der Waals surface area contributed by atoms with Crippen LogP contribution in [0.15, 0.2) is 0 Å². The molecular weight excluding hydrogens is 196 g/mol. The van der Waals surface area contributed by atoms with Gasteiger partial charge in [0.25, 0.3) is 0 Å². The van der Waals surface area contributed by atoms with E-state index in [1.54, 1.807) is 0 Å². The van der Waals surface area contributed by atoms with Gasteiger partial charge in [0.2, 0.25) is 0 Å². The zero-order valence-corrected chi connectivity index (χ0v) is 8.19. The number of rotatable bonds is 3. The molecule has 0 saturated carbocycles. The molecule has 0 amide bonds. The Morgan fingerprint density at radius 2 is 2.20 bits per heavy atom. The van der Waals surface area contributed by atoms with Crippen molar-refractivity contribution < 1.29 is 9.53 Å². The molecule has 0 fully saturated rings. The highest BCUT2D eigenvalue weighted by Gasteiger charge is 2.29. The highest BCUT2D eigenvalue weighted by atomic mass is 79.9. The number of hydrogen-bond donors (Lipinski definition) is 0. The van der Waals surface area contributed by atoms with Gasteiger partial charge in [0.1, 0.15) is 4.32 Å². The van der Waals surface area contributed by atoms with E-state index in [0.29, 0.717) is 0 Å². The molecule has 0 aromatic rings. The van der Waals surface area contributed by atoms with Crippen LogP contribution in [0.25, 0.3) is 0 Å². The fourth-order valence-corrected chi connectivity index (χ4v) is 1.34. The number of carbonyl (C=O) groups excluding carboxylic acids is 1. The second-order valence-corrected chi connectivity index (χ2v) is 4.19. The van der Waals surface area contributed by atoms with E-state index in [1.807, 2.05) is 13.8 Å². The Morgan fingerprint density at radius 1 is 1.70 bits per heavy atom. The van der Waals surface area contributed by atoms with Gasteiger partial charge in [0, 0.05) is 0 Å². The number of ether oxygens (including phenoxy) is 1. The number of esters is 1. The Bertz CT molecular complexity index is 121. The average molecular weight is 209 g/mol. The molecule has 0 aliphatic carbocycles. The summed E-state index contributed by atoms with van der Waals surface area (Å²) in [4.78, 5) is 11.0. The molecule has 0 rings (SSSR count). The van der Waals surface area contributed by atoms with E-state index < -0.39 is 4.32 Å². The molecule has 10 heavy (non-hydrogen) atoms. The summed E-state index contributed by atoms with van der Waals surface area (Å²) in [5.74, 6) is -0.200. The van der Waals surface area contributed by atoms with Gasteiger partial charge in [-0.25, -0.2) is 0 Å². The van der Waals surface area contributed by atoms with Crippen LogP contribution in [0, 0.1) is 0 Å². The Labute approximate surface area is 70.1 Å². The minimum absolute atomic E-state index is 0.200. The first-order valence-corrected chi connectivity index (χ1v) is 4.11. The first-order valence-electron chi connectivity index (χ1n) is 3.32. The first kappa shape index (κ1) is 9.95. The van der Waals surface area contributed by atoms with Gasteiger partial charge in [-0.05, 0) is 13.3 Å². The van der Waals surface area contributed by atoms with E-state index >= 15 is 0 Å². The molecule has 3 heteroatoms. The Kier molecular flexibility index (Phi) is 3.94. The largest absolute Gasteiger partial charge is 0.468 e. The minimum Gasteiger partial charge on any atom is -0.468 e. The second-order valence-electron chi connectivity index (χ2n) is 2.44. The fraction of sp³-hybridized carbons (Fsp3) is 0.857.